The summed E-state index contributed by atoms with van der Waals surface area (Å²) >= 11 is 0. The van der Waals surface area contributed by atoms with Crippen LogP contribution in [0.25, 0.3) is 0 Å². The Morgan fingerprint density at radius 2 is 1.47 bits per heavy atom. The summed E-state index contributed by atoms with van der Waals surface area (Å²) in [6.07, 6.45) is 17.9. The summed E-state index contributed by atoms with van der Waals surface area (Å²) in [6, 6.07) is 0. The minimum Gasteiger partial charge on any atom is -0.481 e. The highest BCUT2D eigenvalue weighted by Gasteiger charge is 2.09. The molecule has 1 unspecified atom stereocenters. The lowest BCUT2D eigenvalue weighted by atomic mass is 10.0. The zero-order chi connectivity index (χ0) is 14.3. The van der Waals surface area contributed by atoms with E-state index >= 15 is 0 Å². The Bertz CT molecular complexity index is 233. The summed E-state index contributed by atoms with van der Waals surface area (Å²) in [6.45, 7) is 4.04. The standard InChI is InChI=1S/C17H32O2/c1-3-4-5-6-7-8-9-10-11-12-13-14-15-16(2)17(18)19/h8-9,16H,3-7,10-15H2,1-2H3,(H,18,19)/b9-8-. The molecule has 0 aromatic rings. The van der Waals surface area contributed by atoms with Gasteiger partial charge in [-0.3, -0.25) is 4.79 Å². The second-order valence-corrected chi connectivity index (χ2v) is 5.55. The number of hydrogen-bond acceptors (Lipinski definition) is 1. The van der Waals surface area contributed by atoms with Gasteiger partial charge in [-0.05, 0) is 32.1 Å². The third-order valence-corrected chi connectivity index (χ3v) is 3.57. The normalized spacial score (nSPS) is 12.9. The molecule has 0 radical (unpaired) electrons. The van der Waals surface area contributed by atoms with Crippen molar-refractivity contribution < 1.29 is 9.90 Å². The van der Waals surface area contributed by atoms with E-state index in [0.29, 0.717) is 0 Å². The second-order valence-electron chi connectivity index (χ2n) is 5.55. The molecule has 2 heteroatoms. The first-order valence-electron chi connectivity index (χ1n) is 8.06. The van der Waals surface area contributed by atoms with Gasteiger partial charge in [0, 0.05) is 0 Å². The van der Waals surface area contributed by atoms with Crippen molar-refractivity contribution in [1.29, 1.82) is 0 Å². The Hall–Kier alpha value is -0.790. The molecule has 0 aliphatic rings. The van der Waals surface area contributed by atoms with Crippen LogP contribution in [0.2, 0.25) is 0 Å². The maximum atomic E-state index is 10.6. The molecule has 0 spiro atoms. The third kappa shape index (κ3) is 13.4. The summed E-state index contributed by atoms with van der Waals surface area (Å²) < 4.78 is 0. The van der Waals surface area contributed by atoms with Crippen LogP contribution in [0.5, 0.6) is 0 Å². The van der Waals surface area contributed by atoms with Crippen LogP contribution in [0.3, 0.4) is 0 Å². The van der Waals surface area contributed by atoms with E-state index in [4.69, 9.17) is 5.11 Å². The van der Waals surface area contributed by atoms with Crippen molar-refractivity contribution in [3.63, 3.8) is 0 Å². The molecule has 1 atom stereocenters. The van der Waals surface area contributed by atoms with Crippen molar-refractivity contribution in [2.75, 3.05) is 0 Å². The molecule has 0 heterocycles. The Balaban J connectivity index is 3.18. The molecule has 0 saturated heterocycles. The highest BCUT2D eigenvalue weighted by molar-refractivity contribution is 5.69. The fourth-order valence-corrected chi connectivity index (χ4v) is 2.11. The molecule has 0 saturated carbocycles. The Kier molecular flexibility index (Phi) is 13.1. The Morgan fingerprint density at radius 3 is 2.00 bits per heavy atom. The number of carboxylic acids is 1. The lowest BCUT2D eigenvalue weighted by Gasteiger charge is -2.04. The molecule has 0 aromatic heterocycles. The van der Waals surface area contributed by atoms with Gasteiger partial charge in [-0.1, -0.05) is 64.5 Å². The molecular weight excluding hydrogens is 236 g/mol. The van der Waals surface area contributed by atoms with E-state index in [1.807, 2.05) is 0 Å². The first kappa shape index (κ1) is 18.2. The highest BCUT2D eigenvalue weighted by Crippen LogP contribution is 2.12. The van der Waals surface area contributed by atoms with E-state index in [1.165, 1.54) is 57.8 Å². The van der Waals surface area contributed by atoms with E-state index in [9.17, 15) is 4.79 Å². The van der Waals surface area contributed by atoms with Gasteiger partial charge in [0.2, 0.25) is 0 Å². The van der Waals surface area contributed by atoms with E-state index in [-0.39, 0.29) is 5.92 Å². The maximum absolute atomic E-state index is 10.6. The van der Waals surface area contributed by atoms with Gasteiger partial charge in [-0.2, -0.15) is 0 Å². The average Bonchev–Trinajstić information content (AvgIpc) is 2.39. The quantitative estimate of drug-likeness (QED) is 0.350. The number of rotatable bonds is 13. The summed E-state index contributed by atoms with van der Waals surface area (Å²) in [5.41, 5.74) is 0. The predicted octanol–water partition coefficient (Wildman–Crippen LogP) is 5.57. The Labute approximate surface area is 119 Å². The third-order valence-electron chi connectivity index (χ3n) is 3.57. The van der Waals surface area contributed by atoms with Crippen molar-refractivity contribution in [1.82, 2.24) is 0 Å². The molecule has 0 aromatic carbocycles. The Morgan fingerprint density at radius 1 is 0.947 bits per heavy atom. The van der Waals surface area contributed by atoms with Crippen LogP contribution in [-0.2, 0) is 4.79 Å². The molecule has 0 fully saturated rings. The van der Waals surface area contributed by atoms with Crippen molar-refractivity contribution in [2.24, 2.45) is 5.92 Å². The van der Waals surface area contributed by atoms with Crippen LogP contribution >= 0.6 is 0 Å². The summed E-state index contributed by atoms with van der Waals surface area (Å²) in [5.74, 6) is -0.839. The molecule has 2 nitrogen and oxygen atoms in total. The summed E-state index contributed by atoms with van der Waals surface area (Å²) in [5, 5.41) is 8.75. The lowest BCUT2D eigenvalue weighted by Crippen LogP contribution is -2.08. The van der Waals surface area contributed by atoms with Crippen LogP contribution in [0.15, 0.2) is 12.2 Å². The monoisotopic (exact) mass is 268 g/mol. The van der Waals surface area contributed by atoms with Gasteiger partial charge in [-0.25, -0.2) is 0 Å². The fourth-order valence-electron chi connectivity index (χ4n) is 2.11. The van der Waals surface area contributed by atoms with E-state index < -0.39 is 5.97 Å². The number of unbranched alkanes of at least 4 members (excludes halogenated alkanes) is 8. The molecule has 1 N–H and O–H groups in total. The van der Waals surface area contributed by atoms with Crippen LogP contribution in [-0.4, -0.2) is 11.1 Å². The smallest absolute Gasteiger partial charge is 0.306 e. The average molecular weight is 268 g/mol. The van der Waals surface area contributed by atoms with Crippen molar-refractivity contribution in [3.8, 4) is 0 Å². The van der Waals surface area contributed by atoms with Gasteiger partial charge >= 0.3 is 5.97 Å². The van der Waals surface area contributed by atoms with Crippen LogP contribution in [0, 0.1) is 5.92 Å². The molecule has 0 bridgehead atoms. The van der Waals surface area contributed by atoms with Crippen LogP contribution < -0.4 is 0 Å². The number of allylic oxidation sites excluding steroid dienone is 2. The summed E-state index contributed by atoms with van der Waals surface area (Å²) in [7, 11) is 0. The molecule has 0 aliphatic heterocycles. The van der Waals surface area contributed by atoms with Gasteiger partial charge in [-0.15, -0.1) is 0 Å². The fraction of sp³-hybridized carbons (Fsp3) is 0.824. The van der Waals surface area contributed by atoms with Crippen molar-refractivity contribution in [3.05, 3.63) is 12.2 Å². The number of hydrogen-bond donors (Lipinski definition) is 1. The van der Waals surface area contributed by atoms with Crippen molar-refractivity contribution >= 4 is 5.97 Å². The van der Waals surface area contributed by atoms with Gasteiger partial charge in [0.05, 0.1) is 5.92 Å². The molecule has 0 rings (SSSR count). The van der Waals surface area contributed by atoms with Gasteiger partial charge in [0.25, 0.3) is 0 Å². The topological polar surface area (TPSA) is 37.3 Å². The summed E-state index contributed by atoms with van der Waals surface area (Å²) in [4.78, 5) is 10.6. The van der Waals surface area contributed by atoms with E-state index in [0.717, 1.165) is 12.8 Å². The number of carbonyl (C=O) groups is 1. The number of aliphatic carboxylic acids is 1. The van der Waals surface area contributed by atoms with E-state index in [2.05, 4.69) is 19.1 Å². The number of carboxylic acid groups (broad SMARTS) is 1. The largest absolute Gasteiger partial charge is 0.481 e. The predicted molar refractivity (Wildman–Crippen MR) is 82.4 cm³/mol. The molecule has 0 amide bonds. The SMILES string of the molecule is CCCCCC/C=C\CCCCCCC(C)C(=O)O. The molecule has 112 valence electrons. The minimum absolute atomic E-state index is 0.178. The maximum Gasteiger partial charge on any atom is 0.306 e. The molecular formula is C17H32O2. The minimum atomic E-state index is -0.661. The van der Waals surface area contributed by atoms with Crippen LogP contribution in [0.1, 0.15) is 84.5 Å². The lowest BCUT2D eigenvalue weighted by molar-refractivity contribution is -0.141. The first-order chi connectivity index (χ1) is 9.18. The van der Waals surface area contributed by atoms with Gasteiger partial charge in [0.15, 0.2) is 0 Å². The molecule has 0 aliphatic carbocycles. The van der Waals surface area contributed by atoms with Crippen molar-refractivity contribution in [2.45, 2.75) is 84.5 Å². The molecule has 19 heavy (non-hydrogen) atoms. The van der Waals surface area contributed by atoms with E-state index in [1.54, 1.807) is 6.92 Å². The van der Waals surface area contributed by atoms with Gasteiger partial charge in [0.1, 0.15) is 0 Å². The highest BCUT2D eigenvalue weighted by atomic mass is 16.4. The van der Waals surface area contributed by atoms with Crippen LogP contribution in [0.4, 0.5) is 0 Å². The zero-order valence-electron chi connectivity index (χ0n) is 12.9. The first-order valence-corrected chi connectivity index (χ1v) is 8.06. The second kappa shape index (κ2) is 13.6. The zero-order valence-corrected chi connectivity index (χ0v) is 12.9. The van der Waals surface area contributed by atoms with Gasteiger partial charge < -0.3 is 5.11 Å².